The maximum absolute atomic E-state index is 13.0. The van der Waals surface area contributed by atoms with Crippen LogP contribution in [0.3, 0.4) is 0 Å². The van der Waals surface area contributed by atoms with E-state index in [2.05, 4.69) is 15.3 Å². The van der Waals surface area contributed by atoms with Crippen molar-refractivity contribution in [3.8, 4) is 11.8 Å². The second-order valence-electron chi connectivity index (χ2n) is 6.08. The summed E-state index contributed by atoms with van der Waals surface area (Å²) >= 11 is 0. The van der Waals surface area contributed by atoms with Gasteiger partial charge in [-0.25, -0.2) is 9.97 Å². The molecule has 2 fully saturated rings. The molecule has 3 heterocycles. The Morgan fingerprint density at radius 3 is 2.60 bits per heavy atom. The molecule has 1 unspecified atom stereocenters. The maximum Gasteiger partial charge on any atom is 0.264 e. The summed E-state index contributed by atoms with van der Waals surface area (Å²) in [6.45, 7) is 2.93. The topological polar surface area (TPSA) is 96.9 Å². The van der Waals surface area contributed by atoms with Gasteiger partial charge in [-0.3, -0.25) is 9.59 Å². The minimum absolute atomic E-state index is 0.0360. The Balaban J connectivity index is 1.80. The molecular formula is C16H23N5O4. The van der Waals surface area contributed by atoms with Crippen molar-refractivity contribution in [3.63, 3.8) is 0 Å². The van der Waals surface area contributed by atoms with Gasteiger partial charge in [-0.15, -0.1) is 0 Å². The van der Waals surface area contributed by atoms with Crippen LogP contribution in [-0.4, -0.2) is 84.6 Å². The summed E-state index contributed by atoms with van der Waals surface area (Å²) in [5.41, 5.74) is 0.222. The van der Waals surface area contributed by atoms with Gasteiger partial charge in [0.15, 0.2) is 5.56 Å². The van der Waals surface area contributed by atoms with E-state index in [9.17, 15) is 9.59 Å². The Kier molecular flexibility index (Phi) is 5.32. The fourth-order valence-corrected chi connectivity index (χ4v) is 3.41. The van der Waals surface area contributed by atoms with Crippen LogP contribution < -0.4 is 14.8 Å². The van der Waals surface area contributed by atoms with Gasteiger partial charge in [0.2, 0.25) is 17.7 Å². The molecule has 1 aromatic heterocycles. The van der Waals surface area contributed by atoms with Crippen LogP contribution in [0.5, 0.6) is 11.8 Å². The highest BCUT2D eigenvalue weighted by molar-refractivity contribution is 5.98. The first-order valence-electron chi connectivity index (χ1n) is 8.38. The van der Waals surface area contributed by atoms with Crippen LogP contribution >= 0.6 is 0 Å². The van der Waals surface area contributed by atoms with Gasteiger partial charge in [0.05, 0.1) is 20.8 Å². The SMILES string of the molecule is COc1ncnc(OC)c1C(=O)N1CCCC(N2CCNCC2=O)C1. The van der Waals surface area contributed by atoms with Gasteiger partial charge in [-0.05, 0) is 12.8 Å². The molecule has 2 aliphatic rings. The van der Waals surface area contributed by atoms with E-state index in [0.717, 1.165) is 19.4 Å². The number of carbonyl (C=O) groups excluding carboxylic acids is 2. The molecule has 25 heavy (non-hydrogen) atoms. The Morgan fingerprint density at radius 2 is 1.96 bits per heavy atom. The van der Waals surface area contributed by atoms with Crippen molar-refractivity contribution in [2.45, 2.75) is 18.9 Å². The molecule has 1 N–H and O–H groups in total. The number of likely N-dealkylation sites (tertiary alicyclic amines) is 1. The molecule has 136 valence electrons. The number of ether oxygens (including phenoxy) is 2. The van der Waals surface area contributed by atoms with Crippen LogP contribution in [0.2, 0.25) is 0 Å². The van der Waals surface area contributed by atoms with Gasteiger partial charge < -0.3 is 24.6 Å². The molecule has 0 aromatic carbocycles. The maximum atomic E-state index is 13.0. The molecule has 2 amide bonds. The molecule has 1 atom stereocenters. The number of piperidine rings is 1. The van der Waals surface area contributed by atoms with Crippen LogP contribution in [0.25, 0.3) is 0 Å². The normalized spacial score (nSPS) is 21.2. The van der Waals surface area contributed by atoms with Crippen molar-refractivity contribution in [3.05, 3.63) is 11.9 Å². The molecule has 0 radical (unpaired) electrons. The third kappa shape index (κ3) is 3.51. The van der Waals surface area contributed by atoms with E-state index >= 15 is 0 Å². The lowest BCUT2D eigenvalue weighted by molar-refractivity contribution is -0.135. The largest absolute Gasteiger partial charge is 0.480 e. The van der Waals surface area contributed by atoms with Crippen molar-refractivity contribution in [1.29, 1.82) is 0 Å². The second kappa shape index (κ2) is 7.64. The third-order valence-electron chi connectivity index (χ3n) is 4.63. The van der Waals surface area contributed by atoms with E-state index < -0.39 is 0 Å². The summed E-state index contributed by atoms with van der Waals surface area (Å²) in [4.78, 5) is 36.8. The minimum atomic E-state index is -0.235. The van der Waals surface area contributed by atoms with Crippen LogP contribution in [0.4, 0.5) is 0 Å². The average Bonchev–Trinajstić information content (AvgIpc) is 2.67. The standard InChI is InChI=1S/C16H23N5O4/c1-24-14-13(15(25-2)19-10-18-14)16(23)20-6-3-4-11(9-20)21-7-5-17-8-12(21)22/h10-11,17H,3-9H2,1-2H3. The number of methoxy groups -OCH3 is 2. The van der Waals surface area contributed by atoms with Crippen LogP contribution in [-0.2, 0) is 4.79 Å². The molecule has 3 rings (SSSR count). The van der Waals surface area contributed by atoms with Gasteiger partial charge in [0.25, 0.3) is 5.91 Å². The lowest BCUT2D eigenvalue weighted by Crippen LogP contribution is -2.57. The summed E-state index contributed by atoms with van der Waals surface area (Å²) in [6.07, 6.45) is 3.04. The third-order valence-corrected chi connectivity index (χ3v) is 4.63. The fourth-order valence-electron chi connectivity index (χ4n) is 3.41. The van der Waals surface area contributed by atoms with Gasteiger partial charge in [-0.1, -0.05) is 0 Å². The summed E-state index contributed by atoms with van der Waals surface area (Å²) in [5, 5.41) is 3.07. The number of rotatable bonds is 4. The summed E-state index contributed by atoms with van der Waals surface area (Å²) in [7, 11) is 2.91. The van der Waals surface area contributed by atoms with Crippen LogP contribution in [0.15, 0.2) is 6.33 Å². The number of carbonyl (C=O) groups is 2. The monoisotopic (exact) mass is 349 g/mol. The summed E-state index contributed by atoms with van der Waals surface area (Å²) in [5.74, 6) is 0.236. The molecule has 9 nitrogen and oxygen atoms in total. The van der Waals surface area contributed by atoms with Crippen molar-refractivity contribution in [2.75, 3.05) is 46.9 Å². The highest BCUT2D eigenvalue weighted by Gasteiger charge is 2.34. The highest BCUT2D eigenvalue weighted by Crippen LogP contribution is 2.27. The second-order valence-corrected chi connectivity index (χ2v) is 6.08. The van der Waals surface area contributed by atoms with E-state index in [1.54, 1.807) is 4.90 Å². The number of nitrogens with one attached hydrogen (secondary N) is 1. The van der Waals surface area contributed by atoms with Gasteiger partial charge >= 0.3 is 0 Å². The van der Waals surface area contributed by atoms with Gasteiger partial charge in [-0.2, -0.15) is 0 Å². The minimum Gasteiger partial charge on any atom is -0.480 e. The number of amides is 2. The van der Waals surface area contributed by atoms with Crippen molar-refractivity contribution in [2.24, 2.45) is 0 Å². The number of piperazine rings is 1. The average molecular weight is 349 g/mol. The van der Waals surface area contributed by atoms with Gasteiger partial charge in [0.1, 0.15) is 6.33 Å². The zero-order chi connectivity index (χ0) is 17.8. The highest BCUT2D eigenvalue weighted by atomic mass is 16.5. The molecule has 0 saturated carbocycles. The van der Waals surface area contributed by atoms with E-state index in [4.69, 9.17) is 9.47 Å². The Labute approximate surface area is 146 Å². The molecule has 0 aliphatic carbocycles. The Morgan fingerprint density at radius 1 is 1.24 bits per heavy atom. The lowest BCUT2D eigenvalue weighted by atomic mass is 10.0. The Hall–Kier alpha value is -2.42. The molecule has 0 spiro atoms. The predicted molar refractivity (Wildman–Crippen MR) is 88.6 cm³/mol. The number of nitrogens with zero attached hydrogens (tertiary/aromatic N) is 4. The Bertz CT molecular complexity index is 631. The fraction of sp³-hybridized carbons (Fsp3) is 0.625. The van der Waals surface area contributed by atoms with E-state index in [1.165, 1.54) is 20.5 Å². The molecular weight excluding hydrogens is 326 g/mol. The number of aromatic nitrogens is 2. The first-order valence-corrected chi connectivity index (χ1v) is 8.38. The molecule has 1 aromatic rings. The first-order chi connectivity index (χ1) is 12.2. The number of hydrogen-bond acceptors (Lipinski definition) is 7. The van der Waals surface area contributed by atoms with Gasteiger partial charge in [0, 0.05) is 32.2 Å². The molecule has 9 heteroatoms. The number of hydrogen-bond donors (Lipinski definition) is 1. The van der Waals surface area contributed by atoms with Crippen LogP contribution in [0.1, 0.15) is 23.2 Å². The van der Waals surface area contributed by atoms with E-state index in [1.807, 2.05) is 4.90 Å². The zero-order valence-electron chi connectivity index (χ0n) is 14.5. The van der Waals surface area contributed by atoms with Crippen molar-refractivity contribution < 1.29 is 19.1 Å². The lowest BCUT2D eigenvalue weighted by Gasteiger charge is -2.41. The first kappa shape index (κ1) is 17.4. The quantitative estimate of drug-likeness (QED) is 0.785. The smallest absolute Gasteiger partial charge is 0.264 e. The van der Waals surface area contributed by atoms with Crippen molar-refractivity contribution >= 4 is 11.8 Å². The van der Waals surface area contributed by atoms with E-state index in [0.29, 0.717) is 26.2 Å². The van der Waals surface area contributed by atoms with Crippen molar-refractivity contribution in [1.82, 2.24) is 25.1 Å². The summed E-state index contributed by atoms with van der Waals surface area (Å²) < 4.78 is 10.4. The van der Waals surface area contributed by atoms with E-state index in [-0.39, 0.29) is 35.2 Å². The van der Waals surface area contributed by atoms with Crippen LogP contribution in [0, 0.1) is 0 Å². The summed E-state index contributed by atoms with van der Waals surface area (Å²) in [6, 6.07) is 0.0360. The predicted octanol–water partition coefficient (Wildman–Crippen LogP) is -0.470. The molecule has 2 saturated heterocycles. The molecule has 2 aliphatic heterocycles. The zero-order valence-corrected chi connectivity index (χ0v) is 14.5. The molecule has 0 bridgehead atoms.